The molecule has 2 heterocycles. The molecule has 0 radical (unpaired) electrons. The Bertz CT molecular complexity index is 546. The second-order valence-corrected chi connectivity index (χ2v) is 6.22. The van der Waals surface area contributed by atoms with Gasteiger partial charge in [-0.1, -0.05) is 61.2 Å². The number of hydrogen-bond acceptors (Lipinski definition) is 1. The first kappa shape index (κ1) is 14.4. The first-order chi connectivity index (χ1) is 10.4. The van der Waals surface area contributed by atoms with Gasteiger partial charge in [-0.2, -0.15) is 0 Å². The maximum Gasteiger partial charge on any atom is 0.0300 e. The van der Waals surface area contributed by atoms with Crippen LogP contribution in [-0.4, -0.2) is 17.0 Å². The molecule has 2 aliphatic heterocycles. The van der Waals surface area contributed by atoms with Gasteiger partial charge in [0.15, 0.2) is 0 Å². The minimum Gasteiger partial charge on any atom is -0.289 e. The Kier molecular flexibility index (Phi) is 4.78. The van der Waals surface area contributed by atoms with E-state index < -0.39 is 0 Å². The van der Waals surface area contributed by atoms with E-state index in [9.17, 15) is 0 Å². The van der Waals surface area contributed by atoms with Crippen molar-refractivity contribution in [2.45, 2.75) is 64.1 Å². The molecule has 0 aromatic heterocycles. The highest BCUT2D eigenvalue weighted by Crippen LogP contribution is 2.35. The average Bonchev–Trinajstić information content (AvgIpc) is 2.49. The number of fused-ring (bicyclic) bond motifs is 2. The van der Waals surface area contributed by atoms with Crippen molar-refractivity contribution in [2.24, 2.45) is 0 Å². The Hall–Kier alpha value is -1.52. The molecule has 1 saturated heterocycles. The van der Waals surface area contributed by atoms with E-state index in [0.29, 0.717) is 6.04 Å². The predicted octanol–water partition coefficient (Wildman–Crippen LogP) is 4.54. The summed E-state index contributed by atoms with van der Waals surface area (Å²) in [6.07, 6.45) is 9.74. The normalized spacial score (nSPS) is 24.9. The minimum atomic E-state index is 0.635. The van der Waals surface area contributed by atoms with Gasteiger partial charge in [0, 0.05) is 31.5 Å². The van der Waals surface area contributed by atoms with Gasteiger partial charge < -0.3 is 0 Å². The fourth-order valence-corrected chi connectivity index (χ4v) is 3.68. The molecule has 1 nitrogen and oxygen atoms in total. The van der Waals surface area contributed by atoms with Crippen LogP contribution < -0.4 is 0 Å². The monoisotopic (exact) mass is 279 g/mol. The molecule has 0 N–H and O–H groups in total. The summed E-state index contributed by atoms with van der Waals surface area (Å²) in [7, 11) is 0. The molecule has 1 heteroatoms. The van der Waals surface area contributed by atoms with Gasteiger partial charge in [0.1, 0.15) is 0 Å². The van der Waals surface area contributed by atoms with Gasteiger partial charge in [0.2, 0.25) is 0 Å². The lowest BCUT2D eigenvalue weighted by molar-refractivity contribution is 0.0882. The molecule has 0 aliphatic carbocycles. The van der Waals surface area contributed by atoms with E-state index in [1.165, 1.54) is 31.2 Å². The fourth-order valence-electron chi connectivity index (χ4n) is 3.68. The molecule has 1 fully saturated rings. The Balaban J connectivity index is 1.72. The van der Waals surface area contributed by atoms with Gasteiger partial charge in [-0.3, -0.25) is 4.90 Å². The number of rotatable bonds is 3. The van der Waals surface area contributed by atoms with Crippen molar-refractivity contribution in [3.05, 3.63) is 47.5 Å². The van der Waals surface area contributed by atoms with Crippen LogP contribution in [0.2, 0.25) is 0 Å². The topological polar surface area (TPSA) is 3.24 Å². The summed E-state index contributed by atoms with van der Waals surface area (Å²) in [6.45, 7) is 3.22. The summed E-state index contributed by atoms with van der Waals surface area (Å²) in [4.78, 5) is 2.72. The zero-order valence-corrected chi connectivity index (χ0v) is 13.0. The van der Waals surface area contributed by atoms with Crippen LogP contribution in [-0.2, 0) is 6.54 Å². The third kappa shape index (κ3) is 3.57. The molecule has 110 valence electrons. The molecular weight excluding hydrogens is 254 g/mol. The molecule has 0 amide bonds. The maximum atomic E-state index is 3.32. The van der Waals surface area contributed by atoms with Crippen LogP contribution in [0.4, 0.5) is 0 Å². The number of nitrogens with zero attached hydrogens (tertiary/aromatic N) is 1. The van der Waals surface area contributed by atoms with Crippen LogP contribution in [0.15, 0.2) is 42.0 Å². The van der Waals surface area contributed by atoms with Crippen LogP contribution in [0.5, 0.6) is 0 Å². The lowest BCUT2D eigenvalue weighted by Gasteiger charge is -2.45. The quantitative estimate of drug-likeness (QED) is 0.580. The highest BCUT2D eigenvalue weighted by atomic mass is 15.2. The van der Waals surface area contributed by atoms with E-state index in [-0.39, 0.29) is 0 Å². The van der Waals surface area contributed by atoms with Crippen molar-refractivity contribution < 1.29 is 0 Å². The molecule has 0 spiro atoms. The Morgan fingerprint density at radius 1 is 1.14 bits per heavy atom. The molecule has 1 aromatic carbocycles. The number of benzene rings is 1. The molecule has 2 aliphatic rings. The highest BCUT2D eigenvalue weighted by Gasteiger charge is 2.33. The zero-order valence-electron chi connectivity index (χ0n) is 13.0. The average molecular weight is 279 g/mol. The molecule has 3 rings (SSSR count). The van der Waals surface area contributed by atoms with Gasteiger partial charge >= 0.3 is 0 Å². The standard InChI is InChI=1S/C20H25N/c1-2-3-5-11-18-14-19-12-8-13-20(15-18)21(19)16-17-9-6-4-7-10-17/h4,6-7,9-10,14,19-20H,2,8,11-13,15-16H2,1H3. The lowest BCUT2D eigenvalue weighted by Crippen LogP contribution is -2.47. The van der Waals surface area contributed by atoms with Gasteiger partial charge in [-0.15, -0.1) is 5.92 Å². The predicted molar refractivity (Wildman–Crippen MR) is 88.8 cm³/mol. The van der Waals surface area contributed by atoms with Crippen molar-refractivity contribution in [3.8, 4) is 11.8 Å². The van der Waals surface area contributed by atoms with E-state index in [1.54, 1.807) is 5.57 Å². The maximum absolute atomic E-state index is 3.32. The fraction of sp³-hybridized carbons (Fsp3) is 0.500. The van der Waals surface area contributed by atoms with Crippen molar-refractivity contribution >= 4 is 0 Å². The summed E-state index contributed by atoms with van der Waals surface area (Å²) in [5, 5.41) is 0. The molecule has 2 bridgehead atoms. The molecule has 2 atom stereocenters. The summed E-state index contributed by atoms with van der Waals surface area (Å²) in [5.74, 6) is 6.53. The second kappa shape index (κ2) is 6.96. The Labute approximate surface area is 129 Å². The van der Waals surface area contributed by atoms with Crippen LogP contribution in [0.1, 0.15) is 51.0 Å². The number of hydrogen-bond donors (Lipinski definition) is 0. The van der Waals surface area contributed by atoms with E-state index >= 15 is 0 Å². The van der Waals surface area contributed by atoms with Crippen LogP contribution in [0.25, 0.3) is 0 Å². The lowest BCUT2D eigenvalue weighted by atomic mass is 9.84. The molecule has 21 heavy (non-hydrogen) atoms. The molecular formula is C20H25N. The van der Waals surface area contributed by atoms with E-state index in [1.807, 2.05) is 0 Å². The Morgan fingerprint density at radius 2 is 2.00 bits per heavy atom. The largest absolute Gasteiger partial charge is 0.289 e. The summed E-state index contributed by atoms with van der Waals surface area (Å²) in [5.41, 5.74) is 3.02. The first-order valence-electron chi connectivity index (χ1n) is 8.31. The van der Waals surface area contributed by atoms with Crippen LogP contribution in [0, 0.1) is 11.8 Å². The SMILES string of the molecule is CCC#CCC1=CC2CCCC(C1)N2Cc1ccccc1. The highest BCUT2D eigenvalue weighted by molar-refractivity contribution is 5.23. The van der Waals surface area contributed by atoms with Crippen molar-refractivity contribution in [1.82, 2.24) is 4.90 Å². The van der Waals surface area contributed by atoms with Crippen molar-refractivity contribution in [1.29, 1.82) is 0 Å². The van der Waals surface area contributed by atoms with Gasteiger partial charge in [-0.25, -0.2) is 0 Å². The first-order valence-corrected chi connectivity index (χ1v) is 8.31. The van der Waals surface area contributed by atoms with Gasteiger partial charge in [0.05, 0.1) is 0 Å². The summed E-state index contributed by atoms with van der Waals surface area (Å²) in [6, 6.07) is 12.3. The van der Waals surface area contributed by atoms with E-state index in [0.717, 1.165) is 25.4 Å². The zero-order chi connectivity index (χ0) is 14.5. The third-order valence-electron chi connectivity index (χ3n) is 4.68. The van der Waals surface area contributed by atoms with Crippen LogP contribution in [0.3, 0.4) is 0 Å². The second-order valence-electron chi connectivity index (χ2n) is 6.22. The minimum absolute atomic E-state index is 0.635. The molecule has 2 unspecified atom stereocenters. The van der Waals surface area contributed by atoms with Gasteiger partial charge in [-0.05, 0) is 24.8 Å². The number of piperidine rings is 1. The molecule has 0 saturated carbocycles. The molecule has 1 aromatic rings. The van der Waals surface area contributed by atoms with Gasteiger partial charge in [0.25, 0.3) is 0 Å². The smallest absolute Gasteiger partial charge is 0.0300 e. The third-order valence-corrected chi connectivity index (χ3v) is 4.68. The van der Waals surface area contributed by atoms with Crippen molar-refractivity contribution in [2.75, 3.05) is 0 Å². The summed E-state index contributed by atoms with van der Waals surface area (Å²) >= 11 is 0. The Morgan fingerprint density at radius 3 is 2.76 bits per heavy atom. The van der Waals surface area contributed by atoms with E-state index in [4.69, 9.17) is 0 Å². The summed E-state index contributed by atoms with van der Waals surface area (Å²) < 4.78 is 0. The van der Waals surface area contributed by atoms with E-state index in [2.05, 4.69) is 60.1 Å². The van der Waals surface area contributed by atoms with Crippen LogP contribution >= 0.6 is 0 Å². The van der Waals surface area contributed by atoms with Crippen molar-refractivity contribution in [3.63, 3.8) is 0 Å².